The van der Waals surface area contributed by atoms with Gasteiger partial charge in [0, 0.05) is 25.9 Å². The lowest BCUT2D eigenvalue weighted by Crippen LogP contribution is -2.41. The molecule has 0 radical (unpaired) electrons. The maximum absolute atomic E-state index is 12.0. The molecule has 104 valence electrons. The smallest absolute Gasteiger partial charge is 0.222 e. The highest BCUT2D eigenvalue weighted by molar-refractivity contribution is 5.79. The summed E-state index contributed by atoms with van der Waals surface area (Å²) in [4.78, 5) is 13.9. The van der Waals surface area contributed by atoms with Crippen molar-refractivity contribution in [3.63, 3.8) is 0 Å². The molecule has 0 bridgehead atoms. The average molecular weight is 253 g/mol. The zero-order chi connectivity index (χ0) is 13.8. The summed E-state index contributed by atoms with van der Waals surface area (Å²) in [6.45, 7) is 8.62. The molecule has 1 amide bonds. The molecule has 0 aliphatic carbocycles. The average Bonchev–Trinajstić information content (AvgIpc) is 2.27. The summed E-state index contributed by atoms with van der Waals surface area (Å²) in [6, 6.07) is 0. The largest absolute Gasteiger partial charge is 0.388 e. The molecule has 1 aliphatic rings. The number of likely N-dealkylation sites (tertiary alicyclic amines) is 1. The first-order valence-electron chi connectivity index (χ1n) is 6.91. The van der Waals surface area contributed by atoms with Crippen LogP contribution in [-0.4, -0.2) is 29.7 Å². The van der Waals surface area contributed by atoms with Crippen molar-refractivity contribution in [1.82, 2.24) is 4.90 Å². The Hall–Kier alpha value is -1.06. The summed E-state index contributed by atoms with van der Waals surface area (Å²) < 4.78 is 0. The third kappa shape index (κ3) is 4.67. The summed E-state index contributed by atoms with van der Waals surface area (Å²) in [5.41, 5.74) is 5.63. The fourth-order valence-electron chi connectivity index (χ4n) is 2.58. The fourth-order valence-corrected chi connectivity index (χ4v) is 2.58. The second kappa shape index (κ2) is 6.21. The minimum absolute atomic E-state index is 0.175. The molecule has 0 aromatic carbocycles. The molecule has 1 fully saturated rings. The van der Waals surface area contributed by atoms with Gasteiger partial charge in [0.1, 0.15) is 0 Å². The van der Waals surface area contributed by atoms with Gasteiger partial charge in [-0.1, -0.05) is 20.8 Å². The van der Waals surface area contributed by atoms with E-state index in [0.29, 0.717) is 24.7 Å². The number of hydrogen-bond acceptors (Lipinski definition) is 2. The van der Waals surface area contributed by atoms with Crippen molar-refractivity contribution in [2.75, 3.05) is 13.1 Å². The van der Waals surface area contributed by atoms with Crippen molar-refractivity contribution in [2.24, 2.45) is 17.1 Å². The Morgan fingerprint density at radius 1 is 1.28 bits per heavy atom. The molecule has 0 aromatic heterocycles. The van der Waals surface area contributed by atoms with Crippen LogP contribution in [-0.2, 0) is 4.79 Å². The number of nitrogens with zero attached hydrogens (tertiary/aromatic N) is 1. The van der Waals surface area contributed by atoms with Crippen LogP contribution in [0.3, 0.4) is 0 Å². The quantitative estimate of drug-likeness (QED) is 0.596. The van der Waals surface area contributed by atoms with E-state index >= 15 is 0 Å². The second-order valence-corrected chi connectivity index (χ2v) is 6.40. The molecular formula is C14H27N3O. The summed E-state index contributed by atoms with van der Waals surface area (Å²) in [5, 5.41) is 7.13. The number of amidine groups is 1. The normalized spacial score (nSPS) is 17.8. The van der Waals surface area contributed by atoms with Gasteiger partial charge in [0.15, 0.2) is 0 Å². The van der Waals surface area contributed by atoms with E-state index in [9.17, 15) is 4.79 Å². The van der Waals surface area contributed by atoms with E-state index in [1.807, 2.05) is 4.90 Å². The number of piperidine rings is 1. The maximum atomic E-state index is 12.0. The van der Waals surface area contributed by atoms with E-state index in [-0.39, 0.29) is 11.7 Å². The van der Waals surface area contributed by atoms with Crippen LogP contribution in [0, 0.1) is 16.7 Å². The Labute approximate surface area is 110 Å². The highest BCUT2D eigenvalue weighted by atomic mass is 16.2. The number of nitrogens with two attached hydrogens (primary N) is 1. The van der Waals surface area contributed by atoms with E-state index in [1.54, 1.807) is 0 Å². The molecule has 0 unspecified atom stereocenters. The van der Waals surface area contributed by atoms with Crippen molar-refractivity contribution >= 4 is 11.7 Å². The molecule has 0 atom stereocenters. The lowest BCUT2D eigenvalue weighted by atomic mass is 9.75. The van der Waals surface area contributed by atoms with E-state index in [0.717, 1.165) is 31.8 Å². The standard InChI is InChI=1S/C14H27N3O/c1-14(2,3)11-7-9-17(10-8-11)13(18)6-4-5-12(15)16/h11H,4-10H2,1-3H3,(H3,15,16). The van der Waals surface area contributed by atoms with E-state index < -0.39 is 0 Å². The van der Waals surface area contributed by atoms with Crippen LogP contribution in [0.25, 0.3) is 0 Å². The second-order valence-electron chi connectivity index (χ2n) is 6.40. The summed E-state index contributed by atoms with van der Waals surface area (Å²) in [6.07, 6.45) is 3.99. The van der Waals surface area contributed by atoms with Gasteiger partial charge >= 0.3 is 0 Å². The molecule has 3 N–H and O–H groups in total. The number of carbonyl (C=O) groups excluding carboxylic acids is 1. The molecule has 4 heteroatoms. The van der Waals surface area contributed by atoms with Crippen molar-refractivity contribution in [2.45, 2.75) is 52.9 Å². The molecule has 1 heterocycles. The van der Waals surface area contributed by atoms with Crippen molar-refractivity contribution < 1.29 is 4.79 Å². The van der Waals surface area contributed by atoms with Crippen molar-refractivity contribution in [3.05, 3.63) is 0 Å². The lowest BCUT2D eigenvalue weighted by Gasteiger charge is -2.38. The number of hydrogen-bond donors (Lipinski definition) is 2. The Kier molecular flexibility index (Phi) is 5.17. The maximum Gasteiger partial charge on any atom is 0.222 e. The van der Waals surface area contributed by atoms with E-state index in [2.05, 4.69) is 20.8 Å². The van der Waals surface area contributed by atoms with Crippen LogP contribution in [0.15, 0.2) is 0 Å². The SMILES string of the molecule is CC(C)(C)C1CCN(C(=O)CCCC(=N)N)CC1. The van der Waals surface area contributed by atoms with Gasteiger partial charge in [0.25, 0.3) is 0 Å². The van der Waals surface area contributed by atoms with Gasteiger partial charge in [0.2, 0.25) is 5.91 Å². The number of amides is 1. The Morgan fingerprint density at radius 3 is 2.28 bits per heavy atom. The van der Waals surface area contributed by atoms with E-state index in [4.69, 9.17) is 11.1 Å². The third-order valence-corrected chi connectivity index (χ3v) is 3.91. The lowest BCUT2D eigenvalue weighted by molar-refractivity contribution is -0.133. The molecule has 0 saturated carbocycles. The predicted molar refractivity (Wildman–Crippen MR) is 74.5 cm³/mol. The predicted octanol–water partition coefficient (Wildman–Crippen LogP) is 2.38. The molecule has 4 nitrogen and oxygen atoms in total. The molecule has 1 rings (SSSR count). The molecule has 1 saturated heterocycles. The topological polar surface area (TPSA) is 70.2 Å². The molecule has 0 aromatic rings. The van der Waals surface area contributed by atoms with Gasteiger partial charge in [-0.3, -0.25) is 10.2 Å². The van der Waals surface area contributed by atoms with Gasteiger partial charge in [-0.25, -0.2) is 0 Å². The highest BCUT2D eigenvalue weighted by Gasteiger charge is 2.29. The van der Waals surface area contributed by atoms with Crippen molar-refractivity contribution in [3.8, 4) is 0 Å². The Bertz CT molecular complexity index is 299. The Morgan fingerprint density at radius 2 is 1.83 bits per heavy atom. The first kappa shape index (κ1) is 15.0. The van der Waals surface area contributed by atoms with Crippen LogP contribution in [0.2, 0.25) is 0 Å². The monoisotopic (exact) mass is 253 g/mol. The van der Waals surface area contributed by atoms with Crippen LogP contribution in [0.4, 0.5) is 0 Å². The first-order valence-corrected chi connectivity index (χ1v) is 6.91. The first-order chi connectivity index (χ1) is 8.30. The summed E-state index contributed by atoms with van der Waals surface area (Å²) in [5.74, 6) is 1.12. The molecule has 0 spiro atoms. The van der Waals surface area contributed by atoms with E-state index in [1.165, 1.54) is 0 Å². The highest BCUT2D eigenvalue weighted by Crippen LogP contribution is 2.34. The molecule has 18 heavy (non-hydrogen) atoms. The summed E-state index contributed by atoms with van der Waals surface area (Å²) in [7, 11) is 0. The zero-order valence-electron chi connectivity index (χ0n) is 12.0. The van der Waals surface area contributed by atoms with Gasteiger partial charge in [-0.2, -0.15) is 0 Å². The van der Waals surface area contributed by atoms with Crippen molar-refractivity contribution in [1.29, 1.82) is 5.41 Å². The van der Waals surface area contributed by atoms with Gasteiger partial charge in [-0.15, -0.1) is 0 Å². The van der Waals surface area contributed by atoms with Gasteiger partial charge in [-0.05, 0) is 30.6 Å². The van der Waals surface area contributed by atoms with Crippen LogP contribution in [0.1, 0.15) is 52.9 Å². The van der Waals surface area contributed by atoms with Gasteiger partial charge < -0.3 is 10.6 Å². The fraction of sp³-hybridized carbons (Fsp3) is 0.857. The molecule has 1 aliphatic heterocycles. The molecular weight excluding hydrogens is 226 g/mol. The minimum atomic E-state index is 0.175. The van der Waals surface area contributed by atoms with Gasteiger partial charge in [0.05, 0.1) is 5.84 Å². The van der Waals surface area contributed by atoms with Crippen LogP contribution >= 0.6 is 0 Å². The summed E-state index contributed by atoms with van der Waals surface area (Å²) >= 11 is 0. The number of carbonyl (C=O) groups is 1. The third-order valence-electron chi connectivity index (χ3n) is 3.91. The van der Waals surface area contributed by atoms with Crippen LogP contribution < -0.4 is 5.73 Å². The Balaban J connectivity index is 2.30. The zero-order valence-corrected chi connectivity index (χ0v) is 12.0. The number of rotatable bonds is 4. The van der Waals surface area contributed by atoms with Crippen LogP contribution in [0.5, 0.6) is 0 Å². The number of nitrogens with one attached hydrogen (secondary N) is 1. The minimum Gasteiger partial charge on any atom is -0.388 e.